The molecule has 0 aliphatic carbocycles. The molecule has 0 atom stereocenters. The SMILES string of the molecule is Cl[Si](Cl)(O[Si](O[Si](O[Si](c1ccccc1)(c1ccccc1)c1ccccc1)(c1ccccc1)c1ccccc1)(c1ccccc1)c1ccccc1)c1ccccc1. The molecule has 280 valence electrons. The minimum atomic E-state index is -4.03. The zero-order valence-corrected chi connectivity index (χ0v) is 36.6. The second-order valence-corrected chi connectivity index (χ2v) is 29.4. The van der Waals surface area contributed by atoms with Crippen LogP contribution in [0.3, 0.4) is 0 Å². The molecule has 0 aliphatic rings. The van der Waals surface area contributed by atoms with Crippen molar-refractivity contribution in [2.75, 3.05) is 0 Å². The summed E-state index contributed by atoms with van der Waals surface area (Å²) in [4.78, 5) is 0. The third kappa shape index (κ3) is 7.87. The van der Waals surface area contributed by atoms with Crippen LogP contribution in [0, 0.1) is 0 Å². The summed E-state index contributed by atoms with van der Waals surface area (Å²) in [5, 5.41) is 7.58. The predicted octanol–water partition coefficient (Wildman–Crippen LogP) is 6.54. The van der Waals surface area contributed by atoms with E-state index >= 15 is 0 Å². The Morgan fingerprint density at radius 1 is 0.228 bits per heavy atom. The summed E-state index contributed by atoms with van der Waals surface area (Å²) in [6, 6.07) is 82.9. The van der Waals surface area contributed by atoms with Gasteiger partial charge in [0.1, 0.15) is 0 Å². The molecule has 8 aromatic carbocycles. The van der Waals surface area contributed by atoms with E-state index in [0.29, 0.717) is 0 Å². The summed E-state index contributed by atoms with van der Waals surface area (Å²) in [6.45, 7) is -3.77. The van der Waals surface area contributed by atoms with E-state index in [1.807, 2.05) is 78.9 Å². The average Bonchev–Trinajstić information content (AvgIpc) is 3.30. The first-order valence-electron chi connectivity index (χ1n) is 18.9. The number of hydrogen-bond acceptors (Lipinski definition) is 3. The standard InChI is InChI=1S/C48H40Cl2O3Si4/c49-57(50,48-39-23-8-24-40-48)53-56(46-35-19-6-20-36-46,47-37-21-7-22-38-47)52-55(44-31-15-4-16-32-44,45-33-17-5-18-34-45)51-54(41-25-9-1-10-26-41,42-27-11-2-12-28-42)43-29-13-3-14-30-43/h1-40H. The summed E-state index contributed by atoms with van der Waals surface area (Å²) in [5.74, 6) is 0. The average molecular weight is 848 g/mol. The van der Waals surface area contributed by atoms with Crippen molar-refractivity contribution < 1.29 is 12.3 Å². The van der Waals surface area contributed by atoms with Crippen molar-refractivity contribution in [2.24, 2.45) is 0 Å². The minimum Gasteiger partial charge on any atom is -0.419 e. The van der Waals surface area contributed by atoms with Crippen LogP contribution in [0.15, 0.2) is 243 Å². The maximum Gasteiger partial charge on any atom is 0.415 e. The van der Waals surface area contributed by atoms with E-state index in [1.54, 1.807) is 0 Å². The number of benzene rings is 8. The van der Waals surface area contributed by atoms with Crippen molar-refractivity contribution in [1.29, 1.82) is 0 Å². The molecule has 9 heteroatoms. The van der Waals surface area contributed by atoms with E-state index < -0.39 is 32.4 Å². The van der Waals surface area contributed by atoms with Gasteiger partial charge in [0, 0.05) is 0 Å². The van der Waals surface area contributed by atoms with Gasteiger partial charge in [-0.05, 0) is 41.5 Å². The normalized spacial score (nSPS) is 12.2. The Hall–Kier alpha value is -4.91. The second-order valence-electron chi connectivity index (χ2n) is 13.7. The van der Waals surface area contributed by atoms with Gasteiger partial charge >= 0.3 is 24.1 Å². The Balaban J connectivity index is 1.51. The van der Waals surface area contributed by atoms with Gasteiger partial charge in [0.15, 0.2) is 0 Å². The van der Waals surface area contributed by atoms with E-state index in [4.69, 9.17) is 34.5 Å². The first kappa shape index (κ1) is 38.9. The highest BCUT2D eigenvalue weighted by Gasteiger charge is 2.61. The third-order valence-electron chi connectivity index (χ3n) is 10.1. The molecule has 0 amide bonds. The molecule has 8 rings (SSSR count). The minimum absolute atomic E-state index is 0.731. The van der Waals surface area contributed by atoms with Crippen molar-refractivity contribution in [1.82, 2.24) is 0 Å². The van der Waals surface area contributed by atoms with Crippen molar-refractivity contribution in [3.8, 4) is 0 Å². The first-order chi connectivity index (χ1) is 28.0. The van der Waals surface area contributed by atoms with Gasteiger partial charge in [-0.15, -0.1) is 22.2 Å². The molecule has 0 aliphatic heterocycles. The zero-order chi connectivity index (χ0) is 39.0. The maximum absolute atomic E-state index is 8.51. The van der Waals surface area contributed by atoms with Crippen molar-refractivity contribution in [2.45, 2.75) is 0 Å². The summed E-state index contributed by atoms with van der Waals surface area (Å²) >= 11 is 15.2. The van der Waals surface area contributed by atoms with Gasteiger partial charge in [-0.25, -0.2) is 0 Å². The van der Waals surface area contributed by atoms with Crippen molar-refractivity contribution in [3.63, 3.8) is 0 Å². The van der Waals surface area contributed by atoms with E-state index in [-0.39, 0.29) is 0 Å². The Morgan fingerprint density at radius 2 is 0.439 bits per heavy atom. The van der Waals surface area contributed by atoms with Crippen LogP contribution in [-0.4, -0.2) is 32.4 Å². The summed E-state index contributed by atoms with van der Waals surface area (Å²) < 4.78 is 24.5. The van der Waals surface area contributed by atoms with Crippen LogP contribution in [0.5, 0.6) is 0 Å². The molecule has 3 nitrogen and oxygen atoms in total. The zero-order valence-electron chi connectivity index (χ0n) is 31.1. The molecule has 0 saturated carbocycles. The number of rotatable bonds is 14. The van der Waals surface area contributed by atoms with Crippen LogP contribution in [-0.2, 0) is 12.3 Å². The van der Waals surface area contributed by atoms with Crippen LogP contribution >= 0.6 is 22.2 Å². The lowest BCUT2D eigenvalue weighted by molar-refractivity contribution is 0.366. The summed E-state index contributed by atoms with van der Waals surface area (Å²) in [6.07, 6.45) is 0. The van der Waals surface area contributed by atoms with Crippen LogP contribution in [0.1, 0.15) is 0 Å². The molecule has 0 heterocycles. The lowest BCUT2D eigenvalue weighted by atomic mass is 10.3. The topological polar surface area (TPSA) is 27.7 Å². The quantitative estimate of drug-likeness (QED) is 0.0708. The number of halogens is 2. The van der Waals surface area contributed by atoms with E-state index in [2.05, 4.69) is 164 Å². The first-order valence-corrected chi connectivity index (χ1v) is 28.4. The lowest BCUT2D eigenvalue weighted by Crippen LogP contribution is -2.82. The molecule has 0 saturated heterocycles. The van der Waals surface area contributed by atoms with E-state index in [9.17, 15) is 0 Å². The highest BCUT2D eigenvalue weighted by atomic mass is 35.7. The van der Waals surface area contributed by atoms with Crippen LogP contribution < -0.4 is 41.5 Å². The fourth-order valence-electron chi connectivity index (χ4n) is 7.46. The fraction of sp³-hybridized carbons (Fsp3) is 0. The molecular formula is C48H40Cl2O3Si4. The Kier molecular flexibility index (Phi) is 11.8. The van der Waals surface area contributed by atoms with E-state index in [1.165, 1.54) is 0 Å². The van der Waals surface area contributed by atoms with E-state index in [0.717, 1.165) is 41.5 Å². The maximum atomic E-state index is 8.51. The molecule has 0 aromatic heterocycles. The highest BCUT2D eigenvalue weighted by molar-refractivity contribution is 7.49. The Morgan fingerprint density at radius 3 is 0.702 bits per heavy atom. The fourth-order valence-corrected chi connectivity index (χ4v) is 28.5. The summed E-state index contributed by atoms with van der Waals surface area (Å²) in [5.41, 5.74) is 0. The van der Waals surface area contributed by atoms with Gasteiger partial charge in [0.25, 0.3) is 8.32 Å². The van der Waals surface area contributed by atoms with Crippen molar-refractivity contribution in [3.05, 3.63) is 243 Å². The van der Waals surface area contributed by atoms with Gasteiger partial charge in [-0.3, -0.25) is 0 Å². The molecule has 0 spiro atoms. The Bertz CT molecular complexity index is 2280. The Labute approximate surface area is 348 Å². The second kappa shape index (κ2) is 17.3. The van der Waals surface area contributed by atoms with Crippen molar-refractivity contribution >= 4 is 96.0 Å². The molecule has 0 radical (unpaired) electrons. The van der Waals surface area contributed by atoms with Gasteiger partial charge < -0.3 is 12.3 Å². The smallest absolute Gasteiger partial charge is 0.415 e. The molecule has 0 unspecified atom stereocenters. The lowest BCUT2D eigenvalue weighted by Gasteiger charge is -2.47. The molecular weight excluding hydrogens is 808 g/mol. The molecule has 0 N–H and O–H groups in total. The van der Waals surface area contributed by atoms with Crippen LogP contribution in [0.25, 0.3) is 0 Å². The van der Waals surface area contributed by atoms with Crippen LogP contribution in [0.2, 0.25) is 0 Å². The molecule has 0 bridgehead atoms. The molecule has 8 aromatic rings. The van der Waals surface area contributed by atoms with Gasteiger partial charge in [-0.1, -0.05) is 243 Å². The third-order valence-corrected chi connectivity index (χ3v) is 28.5. The van der Waals surface area contributed by atoms with Gasteiger partial charge in [-0.2, -0.15) is 0 Å². The summed E-state index contributed by atoms with van der Waals surface area (Å²) in [7, 11) is -11.5. The van der Waals surface area contributed by atoms with Gasteiger partial charge in [0.2, 0.25) is 0 Å². The van der Waals surface area contributed by atoms with Crippen LogP contribution in [0.4, 0.5) is 0 Å². The number of hydrogen-bond donors (Lipinski definition) is 0. The predicted molar refractivity (Wildman–Crippen MR) is 247 cm³/mol. The molecule has 57 heavy (non-hydrogen) atoms. The highest BCUT2D eigenvalue weighted by Crippen LogP contribution is 2.29. The monoisotopic (exact) mass is 846 g/mol. The van der Waals surface area contributed by atoms with Gasteiger partial charge in [0.05, 0.1) is 0 Å². The largest absolute Gasteiger partial charge is 0.419 e. The molecule has 0 fully saturated rings.